The molecule has 2 fully saturated rings. The second-order valence-corrected chi connectivity index (χ2v) is 7.95. The Morgan fingerprint density at radius 3 is 2.69 bits per heavy atom. The van der Waals surface area contributed by atoms with Crippen molar-refractivity contribution >= 4 is 28.7 Å². The fourth-order valence-corrected chi connectivity index (χ4v) is 4.28. The van der Waals surface area contributed by atoms with Gasteiger partial charge in [-0.25, -0.2) is 4.68 Å². The highest BCUT2D eigenvalue weighted by atomic mass is 35.5. The first-order valence-electron chi connectivity index (χ1n) is 9.63. The number of hydrogen-bond donors (Lipinski definition) is 1. The standard InChI is InChI=1S/C19H22ClN5O4/c20-13-3-4-17(18(8-13)25(28)29)23-6-1-2-14(11-23)24-19(27)9-15(10-21-24)22-7-5-16(26)12-22/h3-4,8-10,14,16,26H,1-2,5-7,11-12H2/t14?,16-/m0/s1. The number of nitro benzene ring substituents is 1. The van der Waals surface area contributed by atoms with E-state index < -0.39 is 4.92 Å². The minimum absolute atomic E-state index is 0.0404. The van der Waals surface area contributed by atoms with Gasteiger partial charge in [-0.1, -0.05) is 11.6 Å². The molecule has 4 rings (SSSR count). The van der Waals surface area contributed by atoms with Gasteiger partial charge < -0.3 is 14.9 Å². The SMILES string of the molecule is O=c1cc(N2CC[C@H](O)C2)cnn1C1CCCN(c2ccc(Cl)cc2[N+](=O)[O-])C1. The second kappa shape index (κ2) is 8.00. The molecule has 3 heterocycles. The van der Waals surface area contributed by atoms with Crippen LogP contribution >= 0.6 is 11.6 Å². The Kier molecular flexibility index (Phi) is 5.42. The van der Waals surface area contributed by atoms with Crippen LogP contribution in [0.2, 0.25) is 5.02 Å². The largest absolute Gasteiger partial charge is 0.391 e. The quantitative estimate of drug-likeness (QED) is 0.598. The molecule has 29 heavy (non-hydrogen) atoms. The highest BCUT2D eigenvalue weighted by Crippen LogP contribution is 2.34. The molecule has 0 spiro atoms. The van der Waals surface area contributed by atoms with Gasteiger partial charge in [0.1, 0.15) is 5.69 Å². The Morgan fingerprint density at radius 2 is 2.00 bits per heavy atom. The van der Waals surface area contributed by atoms with E-state index in [0.29, 0.717) is 49.0 Å². The number of anilines is 2. The van der Waals surface area contributed by atoms with Crippen molar-refractivity contribution in [2.24, 2.45) is 0 Å². The third-order valence-electron chi connectivity index (χ3n) is 5.56. The lowest BCUT2D eigenvalue weighted by atomic mass is 10.0. The first-order chi connectivity index (χ1) is 13.9. The van der Waals surface area contributed by atoms with E-state index >= 15 is 0 Å². The van der Waals surface area contributed by atoms with Crippen LogP contribution in [0.5, 0.6) is 0 Å². The highest BCUT2D eigenvalue weighted by Gasteiger charge is 2.28. The molecule has 2 aliphatic rings. The van der Waals surface area contributed by atoms with Gasteiger partial charge in [0.25, 0.3) is 11.2 Å². The van der Waals surface area contributed by atoms with Gasteiger partial charge in [-0.15, -0.1) is 0 Å². The van der Waals surface area contributed by atoms with Gasteiger partial charge in [0.15, 0.2) is 0 Å². The summed E-state index contributed by atoms with van der Waals surface area (Å²) >= 11 is 5.92. The van der Waals surface area contributed by atoms with Gasteiger partial charge in [-0.2, -0.15) is 5.10 Å². The number of β-amino-alcohol motifs (C(OH)–C–C–N with tert-alkyl or cyclic N) is 1. The molecule has 0 bridgehead atoms. The topological polar surface area (TPSA) is 105 Å². The molecule has 2 aliphatic heterocycles. The van der Waals surface area contributed by atoms with Gasteiger partial charge in [-0.3, -0.25) is 14.9 Å². The summed E-state index contributed by atoms with van der Waals surface area (Å²) in [5.41, 5.74) is 0.964. The summed E-state index contributed by atoms with van der Waals surface area (Å²) in [6.07, 6.45) is 3.52. The third-order valence-corrected chi connectivity index (χ3v) is 5.79. The van der Waals surface area contributed by atoms with E-state index in [-0.39, 0.29) is 23.4 Å². The van der Waals surface area contributed by atoms with E-state index in [2.05, 4.69) is 5.10 Å². The summed E-state index contributed by atoms with van der Waals surface area (Å²) in [5.74, 6) is 0. The van der Waals surface area contributed by atoms with E-state index in [4.69, 9.17) is 11.6 Å². The van der Waals surface area contributed by atoms with Crippen LogP contribution in [-0.2, 0) is 0 Å². The lowest BCUT2D eigenvalue weighted by Gasteiger charge is -2.34. The third kappa shape index (κ3) is 4.06. The minimum Gasteiger partial charge on any atom is -0.391 e. The Labute approximate surface area is 172 Å². The van der Waals surface area contributed by atoms with Gasteiger partial charge in [0.05, 0.1) is 29.0 Å². The number of benzene rings is 1. The fourth-order valence-electron chi connectivity index (χ4n) is 4.12. The number of hydrogen-bond acceptors (Lipinski definition) is 7. The van der Waals surface area contributed by atoms with Crippen molar-refractivity contribution in [1.82, 2.24) is 9.78 Å². The monoisotopic (exact) mass is 419 g/mol. The number of aliphatic hydroxyl groups excluding tert-OH is 1. The van der Waals surface area contributed by atoms with E-state index in [9.17, 15) is 20.0 Å². The first kappa shape index (κ1) is 19.7. The molecule has 1 aromatic carbocycles. The molecule has 1 aromatic heterocycles. The van der Waals surface area contributed by atoms with E-state index in [1.165, 1.54) is 10.7 Å². The zero-order chi connectivity index (χ0) is 20.5. The lowest BCUT2D eigenvalue weighted by Crippen LogP contribution is -2.41. The number of aromatic nitrogens is 2. The molecular formula is C19H22ClN5O4. The van der Waals surface area contributed by atoms with Crippen LogP contribution in [0.25, 0.3) is 0 Å². The molecule has 10 heteroatoms. The van der Waals surface area contributed by atoms with Crippen LogP contribution in [0.1, 0.15) is 25.3 Å². The maximum absolute atomic E-state index is 12.7. The Bertz CT molecular complexity index is 981. The first-order valence-corrected chi connectivity index (χ1v) is 10.0. The normalized spacial score (nSPS) is 22.1. The average Bonchev–Trinajstić information content (AvgIpc) is 3.14. The molecule has 0 amide bonds. The highest BCUT2D eigenvalue weighted by molar-refractivity contribution is 6.30. The summed E-state index contributed by atoms with van der Waals surface area (Å²) in [6.45, 7) is 2.32. The summed E-state index contributed by atoms with van der Waals surface area (Å²) in [6, 6.07) is 6.02. The summed E-state index contributed by atoms with van der Waals surface area (Å²) in [4.78, 5) is 27.6. The zero-order valence-corrected chi connectivity index (χ0v) is 16.5. The lowest BCUT2D eigenvalue weighted by molar-refractivity contribution is -0.384. The summed E-state index contributed by atoms with van der Waals surface area (Å²) in [5, 5.41) is 25.8. The number of nitrogens with zero attached hydrogens (tertiary/aromatic N) is 5. The van der Waals surface area contributed by atoms with Crippen molar-refractivity contribution in [1.29, 1.82) is 0 Å². The van der Waals surface area contributed by atoms with Crippen molar-refractivity contribution in [3.63, 3.8) is 0 Å². The number of halogens is 1. The molecule has 2 aromatic rings. The van der Waals surface area contributed by atoms with Crippen molar-refractivity contribution < 1.29 is 10.0 Å². The van der Waals surface area contributed by atoms with Crippen LogP contribution in [-0.4, -0.2) is 52.1 Å². The molecular weight excluding hydrogens is 398 g/mol. The average molecular weight is 420 g/mol. The van der Waals surface area contributed by atoms with Crippen LogP contribution in [0.15, 0.2) is 35.3 Å². The van der Waals surface area contributed by atoms with Crippen LogP contribution in [0.3, 0.4) is 0 Å². The molecule has 154 valence electrons. The van der Waals surface area contributed by atoms with Crippen molar-refractivity contribution in [3.05, 3.63) is 56.0 Å². The predicted octanol–water partition coefficient (Wildman–Crippen LogP) is 2.22. The summed E-state index contributed by atoms with van der Waals surface area (Å²) < 4.78 is 1.46. The van der Waals surface area contributed by atoms with Crippen molar-refractivity contribution in [2.45, 2.75) is 31.4 Å². The molecule has 1 unspecified atom stereocenters. The van der Waals surface area contributed by atoms with Crippen molar-refractivity contribution in [2.75, 3.05) is 36.0 Å². The van der Waals surface area contributed by atoms with Crippen molar-refractivity contribution in [3.8, 4) is 0 Å². The Morgan fingerprint density at radius 1 is 1.17 bits per heavy atom. The molecule has 0 saturated carbocycles. The van der Waals surface area contributed by atoms with Gasteiger partial charge in [0, 0.05) is 43.3 Å². The van der Waals surface area contributed by atoms with Crippen LogP contribution in [0.4, 0.5) is 17.1 Å². The molecule has 1 N–H and O–H groups in total. The molecule has 2 saturated heterocycles. The maximum atomic E-state index is 12.7. The fraction of sp³-hybridized carbons (Fsp3) is 0.474. The second-order valence-electron chi connectivity index (χ2n) is 7.52. The minimum atomic E-state index is -0.436. The number of aliphatic hydroxyl groups is 1. The smallest absolute Gasteiger partial charge is 0.294 e. The maximum Gasteiger partial charge on any atom is 0.294 e. The number of nitro groups is 1. The molecule has 0 radical (unpaired) electrons. The Hall–Kier alpha value is -2.65. The van der Waals surface area contributed by atoms with Crippen LogP contribution in [0, 0.1) is 10.1 Å². The van der Waals surface area contributed by atoms with Gasteiger partial charge in [0.2, 0.25) is 0 Å². The number of piperidine rings is 1. The summed E-state index contributed by atoms with van der Waals surface area (Å²) in [7, 11) is 0. The van der Waals surface area contributed by atoms with Gasteiger partial charge >= 0.3 is 0 Å². The molecule has 2 atom stereocenters. The predicted molar refractivity (Wildman–Crippen MR) is 110 cm³/mol. The zero-order valence-electron chi connectivity index (χ0n) is 15.8. The number of rotatable bonds is 4. The van der Waals surface area contributed by atoms with E-state index in [0.717, 1.165) is 12.8 Å². The van der Waals surface area contributed by atoms with E-state index in [1.54, 1.807) is 24.4 Å². The van der Waals surface area contributed by atoms with E-state index in [1.807, 2.05) is 9.80 Å². The van der Waals surface area contributed by atoms with Crippen LogP contribution < -0.4 is 15.4 Å². The molecule has 0 aliphatic carbocycles. The Balaban J connectivity index is 1.56. The molecule has 9 nitrogen and oxygen atoms in total. The van der Waals surface area contributed by atoms with Gasteiger partial charge in [-0.05, 0) is 31.4 Å².